The van der Waals surface area contributed by atoms with Crippen molar-refractivity contribution in [2.75, 3.05) is 18.0 Å². The molecule has 1 fully saturated rings. The zero-order valence-electron chi connectivity index (χ0n) is 9.83. The van der Waals surface area contributed by atoms with E-state index >= 15 is 0 Å². The van der Waals surface area contributed by atoms with Gasteiger partial charge in [-0.1, -0.05) is 0 Å². The van der Waals surface area contributed by atoms with Crippen LogP contribution in [0.3, 0.4) is 0 Å². The minimum absolute atomic E-state index is 0.0442. The molecule has 6 nitrogen and oxygen atoms in total. The lowest BCUT2D eigenvalue weighted by molar-refractivity contribution is -0.142. The van der Waals surface area contributed by atoms with E-state index in [2.05, 4.69) is 9.97 Å². The smallest absolute Gasteiger partial charge is 0.310 e. The Balaban J connectivity index is 2.00. The first-order valence-corrected chi connectivity index (χ1v) is 5.52. The summed E-state index contributed by atoms with van der Waals surface area (Å²) in [6.07, 6.45) is 3.21. The van der Waals surface area contributed by atoms with Crippen LogP contribution in [-0.2, 0) is 4.79 Å². The van der Waals surface area contributed by atoms with Crippen LogP contribution < -0.4 is 9.64 Å². The fourth-order valence-corrected chi connectivity index (χ4v) is 1.61. The molecule has 1 aromatic rings. The number of rotatable bonds is 4. The van der Waals surface area contributed by atoms with Crippen LogP contribution in [0.5, 0.6) is 5.88 Å². The zero-order valence-corrected chi connectivity index (χ0v) is 9.83. The molecule has 1 aromatic heterocycles. The van der Waals surface area contributed by atoms with E-state index in [1.54, 1.807) is 12.4 Å². The summed E-state index contributed by atoms with van der Waals surface area (Å²) in [6.45, 7) is 4.79. The second kappa shape index (κ2) is 4.57. The monoisotopic (exact) mass is 237 g/mol. The van der Waals surface area contributed by atoms with Crippen molar-refractivity contribution in [2.24, 2.45) is 5.92 Å². The van der Waals surface area contributed by atoms with Gasteiger partial charge in [-0.25, -0.2) is 0 Å². The number of carbonyl (C=O) groups is 1. The van der Waals surface area contributed by atoms with Gasteiger partial charge in [0.15, 0.2) is 5.82 Å². The Morgan fingerprint density at radius 3 is 2.82 bits per heavy atom. The fourth-order valence-electron chi connectivity index (χ4n) is 1.61. The van der Waals surface area contributed by atoms with Crippen LogP contribution in [0.1, 0.15) is 13.8 Å². The van der Waals surface area contributed by atoms with Crippen molar-refractivity contribution in [3.05, 3.63) is 12.4 Å². The number of carboxylic acids is 1. The number of aliphatic carboxylic acids is 1. The van der Waals surface area contributed by atoms with Crippen LogP contribution in [0.2, 0.25) is 0 Å². The number of anilines is 1. The molecule has 2 rings (SSSR count). The van der Waals surface area contributed by atoms with E-state index in [1.807, 2.05) is 18.7 Å². The molecule has 6 heteroatoms. The fraction of sp³-hybridized carbons (Fsp3) is 0.545. The maximum Gasteiger partial charge on any atom is 0.310 e. The summed E-state index contributed by atoms with van der Waals surface area (Å²) in [7, 11) is 0. The van der Waals surface area contributed by atoms with Gasteiger partial charge in [-0.05, 0) is 13.8 Å². The standard InChI is InChI=1S/C11H15N3O3/c1-7(2)17-10-4-12-3-9(13-10)14-5-8(6-14)11(15)16/h3-4,7-8H,5-6H2,1-2H3,(H,15,16). The van der Waals surface area contributed by atoms with Crippen LogP contribution in [0.15, 0.2) is 12.4 Å². The molecule has 0 amide bonds. The van der Waals surface area contributed by atoms with Crippen molar-refractivity contribution in [1.29, 1.82) is 0 Å². The van der Waals surface area contributed by atoms with E-state index in [4.69, 9.17) is 9.84 Å². The Morgan fingerprint density at radius 2 is 2.24 bits per heavy atom. The van der Waals surface area contributed by atoms with E-state index in [0.29, 0.717) is 24.8 Å². The van der Waals surface area contributed by atoms with Crippen molar-refractivity contribution in [2.45, 2.75) is 20.0 Å². The lowest BCUT2D eigenvalue weighted by Crippen LogP contribution is -2.50. The third-order valence-electron chi connectivity index (χ3n) is 2.51. The minimum atomic E-state index is -0.760. The molecule has 0 aliphatic carbocycles. The first-order chi connectivity index (χ1) is 8.06. The number of hydrogen-bond donors (Lipinski definition) is 1. The zero-order chi connectivity index (χ0) is 12.4. The molecule has 0 spiro atoms. The van der Waals surface area contributed by atoms with Crippen LogP contribution in [0, 0.1) is 5.92 Å². The van der Waals surface area contributed by atoms with E-state index in [9.17, 15) is 4.79 Å². The predicted octanol–water partition coefficient (Wildman–Crippen LogP) is 0.785. The van der Waals surface area contributed by atoms with Crippen LogP contribution in [-0.4, -0.2) is 40.2 Å². The molecule has 0 atom stereocenters. The molecule has 1 saturated heterocycles. The Morgan fingerprint density at radius 1 is 1.53 bits per heavy atom. The highest BCUT2D eigenvalue weighted by Crippen LogP contribution is 2.23. The highest BCUT2D eigenvalue weighted by Gasteiger charge is 2.33. The number of carboxylic acid groups (broad SMARTS) is 1. The first-order valence-electron chi connectivity index (χ1n) is 5.52. The molecule has 1 N–H and O–H groups in total. The highest BCUT2D eigenvalue weighted by molar-refractivity contribution is 5.74. The van der Waals surface area contributed by atoms with Gasteiger partial charge in [-0.3, -0.25) is 9.78 Å². The molecular weight excluding hydrogens is 222 g/mol. The SMILES string of the molecule is CC(C)Oc1cncc(N2CC(C(=O)O)C2)n1. The Hall–Kier alpha value is -1.85. The van der Waals surface area contributed by atoms with Gasteiger partial charge in [-0.15, -0.1) is 0 Å². The number of ether oxygens (including phenoxy) is 1. The number of nitrogens with zero attached hydrogens (tertiary/aromatic N) is 3. The second-order valence-electron chi connectivity index (χ2n) is 4.32. The second-order valence-corrected chi connectivity index (χ2v) is 4.32. The summed E-state index contributed by atoms with van der Waals surface area (Å²) >= 11 is 0. The largest absolute Gasteiger partial charge is 0.481 e. The third kappa shape index (κ3) is 2.64. The van der Waals surface area contributed by atoms with Crippen LogP contribution in [0.25, 0.3) is 0 Å². The first kappa shape index (κ1) is 11.6. The highest BCUT2D eigenvalue weighted by atomic mass is 16.5. The van der Waals surface area contributed by atoms with Crippen molar-refractivity contribution in [1.82, 2.24) is 9.97 Å². The molecule has 92 valence electrons. The van der Waals surface area contributed by atoms with E-state index in [1.165, 1.54) is 0 Å². The summed E-state index contributed by atoms with van der Waals surface area (Å²) in [5.41, 5.74) is 0. The molecule has 0 radical (unpaired) electrons. The van der Waals surface area contributed by atoms with Crippen molar-refractivity contribution in [3.63, 3.8) is 0 Å². The topological polar surface area (TPSA) is 75.5 Å². The molecule has 0 unspecified atom stereocenters. The lowest BCUT2D eigenvalue weighted by Gasteiger charge is -2.37. The average Bonchev–Trinajstić information content (AvgIpc) is 2.13. The number of hydrogen-bond acceptors (Lipinski definition) is 5. The van der Waals surface area contributed by atoms with E-state index < -0.39 is 5.97 Å². The van der Waals surface area contributed by atoms with Gasteiger partial charge in [0, 0.05) is 13.1 Å². The van der Waals surface area contributed by atoms with Gasteiger partial charge in [0.2, 0.25) is 5.88 Å². The van der Waals surface area contributed by atoms with Gasteiger partial charge < -0.3 is 14.7 Å². The third-order valence-corrected chi connectivity index (χ3v) is 2.51. The van der Waals surface area contributed by atoms with Crippen molar-refractivity contribution in [3.8, 4) is 5.88 Å². The van der Waals surface area contributed by atoms with Gasteiger partial charge in [-0.2, -0.15) is 4.98 Å². The molecule has 2 heterocycles. The normalized spacial score (nSPS) is 15.8. The van der Waals surface area contributed by atoms with E-state index in [-0.39, 0.29) is 12.0 Å². The van der Waals surface area contributed by atoms with E-state index in [0.717, 1.165) is 0 Å². The molecule has 1 aliphatic heterocycles. The molecule has 1 aliphatic rings. The average molecular weight is 237 g/mol. The molecule has 0 bridgehead atoms. The van der Waals surface area contributed by atoms with Gasteiger partial charge in [0.1, 0.15) is 0 Å². The van der Waals surface area contributed by atoms with Gasteiger partial charge in [0.25, 0.3) is 0 Å². The van der Waals surface area contributed by atoms with Gasteiger partial charge >= 0.3 is 5.97 Å². The van der Waals surface area contributed by atoms with Crippen molar-refractivity contribution >= 4 is 11.8 Å². The maximum atomic E-state index is 10.7. The summed E-state index contributed by atoms with van der Waals surface area (Å²) in [4.78, 5) is 20.9. The van der Waals surface area contributed by atoms with Crippen LogP contribution in [0.4, 0.5) is 5.82 Å². The number of aromatic nitrogens is 2. The van der Waals surface area contributed by atoms with Crippen LogP contribution >= 0.6 is 0 Å². The Bertz CT molecular complexity index is 416. The van der Waals surface area contributed by atoms with Gasteiger partial charge in [0.05, 0.1) is 24.4 Å². The molecular formula is C11H15N3O3. The quantitative estimate of drug-likeness (QED) is 0.834. The predicted molar refractivity (Wildman–Crippen MR) is 61.1 cm³/mol. The maximum absolute atomic E-state index is 10.7. The minimum Gasteiger partial charge on any atom is -0.481 e. The lowest BCUT2D eigenvalue weighted by atomic mass is 10.0. The summed E-state index contributed by atoms with van der Waals surface area (Å²) < 4.78 is 5.43. The summed E-state index contributed by atoms with van der Waals surface area (Å²) in [5, 5.41) is 8.78. The Kier molecular flexibility index (Phi) is 3.12. The Labute approximate surface area is 99.2 Å². The molecule has 17 heavy (non-hydrogen) atoms. The molecule has 0 saturated carbocycles. The summed E-state index contributed by atoms with van der Waals surface area (Å²) in [6, 6.07) is 0. The van der Waals surface area contributed by atoms with Crippen molar-refractivity contribution < 1.29 is 14.6 Å². The molecule has 0 aromatic carbocycles. The summed E-state index contributed by atoms with van der Waals surface area (Å²) in [5.74, 6) is 0.0761.